The molecule has 0 saturated carbocycles. The van der Waals surface area contributed by atoms with Gasteiger partial charge in [-0.2, -0.15) is 13.2 Å². The maximum absolute atomic E-state index is 13.0. The summed E-state index contributed by atoms with van der Waals surface area (Å²) in [4.78, 5) is 9.94. The van der Waals surface area contributed by atoms with E-state index in [-0.39, 0.29) is 6.42 Å². The summed E-state index contributed by atoms with van der Waals surface area (Å²) in [6.07, 6.45) is -2.01. The minimum Gasteiger partial charge on any atom is -0.481 e. The van der Waals surface area contributed by atoms with Crippen molar-refractivity contribution in [2.24, 2.45) is 0 Å². The molecule has 0 saturated heterocycles. The lowest BCUT2D eigenvalue weighted by molar-refractivity contribution is -0.137. The van der Waals surface area contributed by atoms with Crippen LogP contribution in [0.2, 0.25) is 0 Å². The molecular formula is C28H28F3N5O2S. The number of ether oxygens (including phenoxy) is 1. The topological polar surface area (TPSA) is 82.5 Å². The average molecular weight is 556 g/mol. The number of likely N-dealkylation sites (N-methyl/N-ethyl adjacent to an activating group) is 1. The van der Waals surface area contributed by atoms with Gasteiger partial charge in [0.1, 0.15) is 5.60 Å². The third kappa shape index (κ3) is 5.29. The Balaban J connectivity index is 1.51. The van der Waals surface area contributed by atoms with E-state index in [1.807, 2.05) is 45.2 Å². The van der Waals surface area contributed by atoms with E-state index in [0.29, 0.717) is 29.1 Å². The lowest BCUT2D eigenvalue weighted by atomic mass is 9.88. The van der Waals surface area contributed by atoms with Gasteiger partial charge in [-0.05, 0) is 55.3 Å². The Morgan fingerprint density at radius 3 is 2.33 bits per heavy atom. The monoisotopic (exact) mass is 555 g/mol. The molecule has 4 aromatic rings. The van der Waals surface area contributed by atoms with Crippen molar-refractivity contribution in [2.45, 2.75) is 38.5 Å². The number of benzene rings is 2. The number of hydrogen-bond acceptors (Lipinski definition) is 8. The van der Waals surface area contributed by atoms with E-state index in [0.717, 1.165) is 44.2 Å². The van der Waals surface area contributed by atoms with Crippen molar-refractivity contribution in [3.05, 3.63) is 98.3 Å². The lowest BCUT2D eigenvalue weighted by Crippen LogP contribution is -2.42. The summed E-state index contributed by atoms with van der Waals surface area (Å²) >= 11 is 1.46. The molecule has 0 spiro atoms. The first-order chi connectivity index (χ1) is 18.5. The van der Waals surface area contributed by atoms with E-state index in [9.17, 15) is 18.3 Å². The Bertz CT molecular complexity index is 1550. The molecule has 0 fully saturated rings. The van der Waals surface area contributed by atoms with Crippen LogP contribution >= 0.6 is 11.3 Å². The van der Waals surface area contributed by atoms with Crippen molar-refractivity contribution < 1.29 is 23.0 Å². The van der Waals surface area contributed by atoms with Crippen molar-refractivity contribution >= 4 is 22.2 Å². The minimum absolute atomic E-state index is 0.283. The van der Waals surface area contributed by atoms with E-state index in [4.69, 9.17) is 4.74 Å². The second kappa shape index (κ2) is 10.1. The van der Waals surface area contributed by atoms with Crippen molar-refractivity contribution in [2.75, 3.05) is 14.2 Å². The van der Waals surface area contributed by atoms with Crippen LogP contribution in [-0.4, -0.2) is 34.2 Å². The Labute approximate surface area is 227 Å². The van der Waals surface area contributed by atoms with Crippen LogP contribution in [0.5, 0.6) is 5.88 Å². The second-order valence-corrected chi connectivity index (χ2v) is 10.8. The third-order valence-electron chi connectivity index (χ3n) is 6.75. The predicted molar refractivity (Wildman–Crippen MR) is 144 cm³/mol. The van der Waals surface area contributed by atoms with Crippen LogP contribution < -0.4 is 15.7 Å². The molecule has 0 aliphatic carbocycles. The molecule has 0 radical (unpaired) electrons. The highest BCUT2D eigenvalue weighted by atomic mass is 32.1. The van der Waals surface area contributed by atoms with E-state index in [1.165, 1.54) is 30.6 Å². The number of nitrogens with one attached hydrogen (secondary N) is 2. The Hall–Kier alpha value is -3.67. The second-order valence-electron chi connectivity index (χ2n) is 9.58. The molecule has 3 N–H and O–H groups in total. The van der Waals surface area contributed by atoms with Gasteiger partial charge in [0.25, 0.3) is 0 Å². The van der Waals surface area contributed by atoms with Gasteiger partial charge in [-0.1, -0.05) is 18.2 Å². The maximum atomic E-state index is 13.0. The molecule has 1 atom stereocenters. The molecule has 7 nitrogen and oxygen atoms in total. The summed E-state index contributed by atoms with van der Waals surface area (Å²) in [7, 11) is 3.34. The van der Waals surface area contributed by atoms with Crippen LogP contribution in [0.15, 0.2) is 60.4 Å². The van der Waals surface area contributed by atoms with Gasteiger partial charge in [0.05, 0.1) is 39.5 Å². The number of pyridine rings is 1. The van der Waals surface area contributed by atoms with Gasteiger partial charge >= 0.3 is 6.18 Å². The van der Waals surface area contributed by atoms with E-state index >= 15 is 0 Å². The summed E-state index contributed by atoms with van der Waals surface area (Å²) in [6, 6.07) is 12.8. The smallest absolute Gasteiger partial charge is 0.416 e. The van der Waals surface area contributed by atoms with Gasteiger partial charge in [-0.15, -0.1) is 16.9 Å². The van der Waals surface area contributed by atoms with Crippen LogP contribution in [0.1, 0.15) is 37.8 Å². The van der Waals surface area contributed by atoms with E-state index in [2.05, 4.69) is 20.9 Å². The van der Waals surface area contributed by atoms with Crippen molar-refractivity contribution in [1.82, 2.24) is 25.9 Å². The first kappa shape index (κ1) is 26.9. The van der Waals surface area contributed by atoms with Crippen LogP contribution in [0.4, 0.5) is 13.2 Å². The van der Waals surface area contributed by atoms with Crippen molar-refractivity contribution in [3.8, 4) is 5.88 Å². The fourth-order valence-electron chi connectivity index (χ4n) is 4.95. The summed E-state index contributed by atoms with van der Waals surface area (Å²) < 4.78 is 44.5. The molecule has 1 aliphatic rings. The number of thiazole rings is 1. The molecular weight excluding hydrogens is 527 g/mol. The molecule has 2 aromatic carbocycles. The number of halogens is 3. The number of rotatable bonds is 7. The molecule has 1 aliphatic heterocycles. The molecule has 11 heteroatoms. The largest absolute Gasteiger partial charge is 0.481 e. The Kier molecular flexibility index (Phi) is 7.00. The summed E-state index contributed by atoms with van der Waals surface area (Å²) in [6.45, 7) is 3.81. The van der Waals surface area contributed by atoms with Gasteiger partial charge < -0.3 is 15.3 Å². The molecule has 3 heterocycles. The molecule has 0 amide bonds. The average Bonchev–Trinajstić information content (AvgIpc) is 3.48. The summed E-state index contributed by atoms with van der Waals surface area (Å²) in [5, 5.41) is 15.6. The first-order valence-electron chi connectivity index (χ1n) is 12.2. The number of aryl methyl sites for hydroxylation is 2. The number of nitrogens with zero attached hydrogens (tertiary/aromatic N) is 3. The normalized spacial score (nSPS) is 15.3. The van der Waals surface area contributed by atoms with Gasteiger partial charge in [0.15, 0.2) is 0 Å². The lowest BCUT2D eigenvalue weighted by Gasteiger charge is -2.32. The van der Waals surface area contributed by atoms with Crippen LogP contribution in [0.25, 0.3) is 10.9 Å². The van der Waals surface area contributed by atoms with Crippen molar-refractivity contribution in [3.63, 3.8) is 0 Å². The number of hydrazine groups is 2. The number of methoxy groups -OCH3 is 1. The SMILES string of the molecule is COc1nc2ccc(CC(O)(C3=CNNN3C)c3sc(C)nc3C)cc2cc1Cc1ccc(C(F)(F)F)cc1. The van der Waals surface area contributed by atoms with Gasteiger partial charge in [-0.3, -0.25) is 5.01 Å². The van der Waals surface area contributed by atoms with Crippen molar-refractivity contribution in [1.29, 1.82) is 0 Å². The molecule has 204 valence electrons. The van der Waals surface area contributed by atoms with Gasteiger partial charge in [-0.25, -0.2) is 9.97 Å². The first-order valence-corrected chi connectivity index (χ1v) is 13.0. The zero-order valence-corrected chi connectivity index (χ0v) is 22.7. The molecule has 2 aromatic heterocycles. The summed E-state index contributed by atoms with van der Waals surface area (Å²) in [5.74, 6) is 0.414. The third-order valence-corrected chi connectivity index (χ3v) is 7.98. The zero-order valence-electron chi connectivity index (χ0n) is 21.8. The highest BCUT2D eigenvalue weighted by Crippen LogP contribution is 2.40. The fourth-order valence-corrected chi connectivity index (χ4v) is 5.96. The van der Waals surface area contributed by atoms with Gasteiger partial charge in [0, 0.05) is 37.0 Å². The highest BCUT2D eigenvalue weighted by molar-refractivity contribution is 7.11. The Morgan fingerprint density at radius 1 is 1.03 bits per heavy atom. The number of aromatic nitrogens is 2. The minimum atomic E-state index is -4.38. The number of fused-ring (bicyclic) bond motifs is 1. The number of alkyl halides is 3. The molecule has 0 bridgehead atoms. The van der Waals surface area contributed by atoms with E-state index in [1.54, 1.807) is 11.2 Å². The van der Waals surface area contributed by atoms with Crippen LogP contribution in [0.3, 0.4) is 0 Å². The van der Waals surface area contributed by atoms with Crippen LogP contribution in [0, 0.1) is 13.8 Å². The molecule has 39 heavy (non-hydrogen) atoms. The molecule has 5 rings (SSSR count). The number of aliphatic hydroxyl groups is 1. The number of hydrogen-bond donors (Lipinski definition) is 3. The molecule has 1 unspecified atom stereocenters. The standard InChI is InChI=1S/C28H28F3N5O2S/c1-16-25(39-17(2)33-16)27(37,24-15-32-35-36(24)3)14-19-7-10-23-20(12-19)13-21(26(34-23)38-4)11-18-5-8-22(9-6-18)28(29,30)31/h5-10,12-13,15,32,35,37H,11,14H2,1-4H3. The predicted octanol–water partition coefficient (Wildman–Crippen LogP) is 5.15. The quantitative estimate of drug-likeness (QED) is 0.291. The van der Waals surface area contributed by atoms with Crippen LogP contribution in [-0.2, 0) is 24.6 Å². The highest BCUT2D eigenvalue weighted by Gasteiger charge is 2.41. The fraction of sp³-hybridized carbons (Fsp3) is 0.286. The van der Waals surface area contributed by atoms with E-state index < -0.39 is 17.3 Å². The zero-order chi connectivity index (χ0) is 27.9. The van der Waals surface area contributed by atoms with Gasteiger partial charge in [0.2, 0.25) is 5.88 Å². The maximum Gasteiger partial charge on any atom is 0.416 e. The summed E-state index contributed by atoms with van der Waals surface area (Å²) in [5.41, 5.74) is 8.35. The Morgan fingerprint density at radius 2 is 1.74 bits per heavy atom.